The largest absolute Gasteiger partial charge is 0.380 e. The molecule has 0 amide bonds. The van der Waals surface area contributed by atoms with E-state index in [2.05, 4.69) is 41.8 Å². The van der Waals surface area contributed by atoms with Crippen molar-refractivity contribution in [3.05, 3.63) is 96.1 Å². The van der Waals surface area contributed by atoms with Crippen LogP contribution in [-0.2, 0) is 0 Å². The molecule has 25 heavy (non-hydrogen) atoms. The number of hydrogen-bond donors (Lipinski definition) is 2. The van der Waals surface area contributed by atoms with Crippen LogP contribution in [0, 0.1) is 5.92 Å². The Labute approximate surface area is 148 Å². The highest BCUT2D eigenvalue weighted by molar-refractivity contribution is 5.89. The topological polar surface area (TPSA) is 44.6 Å². The Morgan fingerprint density at radius 1 is 0.960 bits per heavy atom. The maximum absolute atomic E-state index is 10.8. The second-order valence-electron chi connectivity index (χ2n) is 6.57. The average Bonchev–Trinajstić information content (AvgIpc) is 3.15. The van der Waals surface area contributed by atoms with Crippen molar-refractivity contribution in [3.63, 3.8) is 0 Å². The summed E-state index contributed by atoms with van der Waals surface area (Å²) in [5.74, 6) is 1.02. The van der Waals surface area contributed by atoms with Crippen LogP contribution in [0.15, 0.2) is 90.0 Å². The predicted octanol–water partition coefficient (Wildman–Crippen LogP) is 3.96. The number of amidine groups is 1. The lowest BCUT2D eigenvalue weighted by atomic mass is 9.86. The van der Waals surface area contributed by atoms with Gasteiger partial charge >= 0.3 is 0 Å². The normalized spacial score (nSPS) is 26.1. The van der Waals surface area contributed by atoms with Crippen molar-refractivity contribution in [3.8, 4) is 0 Å². The lowest BCUT2D eigenvalue weighted by molar-refractivity contribution is 0.242. The van der Waals surface area contributed by atoms with Gasteiger partial charge in [-0.05, 0) is 17.5 Å². The van der Waals surface area contributed by atoms with E-state index >= 15 is 0 Å². The summed E-state index contributed by atoms with van der Waals surface area (Å²) in [5.41, 5.74) is 2.04. The fourth-order valence-corrected chi connectivity index (χ4v) is 3.60. The molecule has 0 saturated heterocycles. The Morgan fingerprint density at radius 3 is 2.36 bits per heavy atom. The average molecular weight is 330 g/mol. The number of nitrogens with zero attached hydrogens (tertiary/aromatic N) is 1. The third kappa shape index (κ3) is 3.28. The molecule has 2 unspecified atom stereocenters. The van der Waals surface area contributed by atoms with Gasteiger partial charge < -0.3 is 10.4 Å². The molecule has 2 aliphatic rings. The lowest BCUT2D eigenvalue weighted by Gasteiger charge is -2.27. The molecule has 1 heterocycles. The number of aliphatic imine (C=N–C) groups is 1. The van der Waals surface area contributed by atoms with Gasteiger partial charge in [0.25, 0.3) is 0 Å². The third-order valence-electron chi connectivity index (χ3n) is 4.92. The zero-order valence-corrected chi connectivity index (χ0v) is 14.0. The maximum atomic E-state index is 10.8. The summed E-state index contributed by atoms with van der Waals surface area (Å²) in [6.45, 7) is 0. The van der Waals surface area contributed by atoms with Crippen LogP contribution >= 0.6 is 0 Å². The molecule has 1 aliphatic heterocycles. The number of hydrogen-bond acceptors (Lipinski definition) is 3. The first-order valence-electron chi connectivity index (χ1n) is 8.78. The molecule has 4 rings (SSSR count). The standard InChI is InChI=1S/C22H22N2O/c25-21(18-14-8-3-9-15-18)22-23-19(16-10-4-1-5-11-16)20(24-22)17-12-6-2-7-13-17/h1-12,14-15,17,19-21,25H,13H2,(H,23,24)/t17?,19-,20+,21?/m1/s1. The summed E-state index contributed by atoms with van der Waals surface area (Å²) in [4.78, 5) is 4.89. The molecule has 0 aromatic heterocycles. The quantitative estimate of drug-likeness (QED) is 0.891. The minimum Gasteiger partial charge on any atom is -0.380 e. The van der Waals surface area contributed by atoms with Crippen LogP contribution in [0.5, 0.6) is 0 Å². The molecule has 3 heteroatoms. The minimum absolute atomic E-state index is 0.00992. The van der Waals surface area contributed by atoms with Crippen LogP contribution in [0.4, 0.5) is 0 Å². The second-order valence-corrected chi connectivity index (χ2v) is 6.57. The molecule has 0 radical (unpaired) electrons. The lowest BCUT2D eigenvalue weighted by Crippen LogP contribution is -2.39. The van der Waals surface area contributed by atoms with E-state index < -0.39 is 6.10 Å². The first-order chi connectivity index (χ1) is 12.3. The van der Waals surface area contributed by atoms with E-state index in [1.807, 2.05) is 48.5 Å². The van der Waals surface area contributed by atoms with E-state index in [-0.39, 0.29) is 12.1 Å². The van der Waals surface area contributed by atoms with Crippen molar-refractivity contribution >= 4 is 5.84 Å². The van der Waals surface area contributed by atoms with Crippen LogP contribution in [-0.4, -0.2) is 17.0 Å². The fraction of sp³-hybridized carbons (Fsp3) is 0.227. The van der Waals surface area contributed by atoms with Crippen molar-refractivity contribution in [2.45, 2.75) is 24.6 Å². The van der Waals surface area contributed by atoms with Gasteiger partial charge in [0.2, 0.25) is 0 Å². The van der Waals surface area contributed by atoms with E-state index in [1.54, 1.807) is 0 Å². The van der Waals surface area contributed by atoms with Crippen LogP contribution in [0.1, 0.15) is 29.7 Å². The van der Waals surface area contributed by atoms with E-state index in [0.717, 1.165) is 12.0 Å². The van der Waals surface area contributed by atoms with Gasteiger partial charge in [0.1, 0.15) is 11.9 Å². The van der Waals surface area contributed by atoms with E-state index in [1.165, 1.54) is 5.56 Å². The molecule has 2 aromatic carbocycles. The highest BCUT2D eigenvalue weighted by Gasteiger charge is 2.36. The summed E-state index contributed by atoms with van der Waals surface area (Å²) in [5, 5.41) is 14.3. The number of aliphatic hydroxyl groups excluding tert-OH is 1. The van der Waals surface area contributed by atoms with Crippen LogP contribution in [0.3, 0.4) is 0 Å². The number of allylic oxidation sites excluding steroid dienone is 3. The maximum Gasteiger partial charge on any atom is 0.136 e. The Kier molecular flexibility index (Phi) is 4.49. The highest BCUT2D eigenvalue weighted by atomic mass is 16.3. The summed E-state index contributed by atoms with van der Waals surface area (Å²) < 4.78 is 0. The predicted molar refractivity (Wildman–Crippen MR) is 101 cm³/mol. The van der Waals surface area contributed by atoms with Crippen molar-refractivity contribution in [2.24, 2.45) is 10.9 Å². The molecule has 2 N–H and O–H groups in total. The fourth-order valence-electron chi connectivity index (χ4n) is 3.60. The number of nitrogens with one attached hydrogen (secondary N) is 1. The molecule has 0 bridgehead atoms. The van der Waals surface area contributed by atoms with Crippen molar-refractivity contribution in [2.75, 3.05) is 0 Å². The summed E-state index contributed by atoms with van der Waals surface area (Å²) in [6, 6.07) is 20.2. The Balaban J connectivity index is 1.65. The zero-order valence-electron chi connectivity index (χ0n) is 14.0. The first-order valence-corrected chi connectivity index (χ1v) is 8.78. The van der Waals surface area contributed by atoms with E-state index in [4.69, 9.17) is 4.99 Å². The Bertz CT molecular complexity index is 795. The molecule has 0 saturated carbocycles. The summed E-state index contributed by atoms with van der Waals surface area (Å²) >= 11 is 0. The van der Waals surface area contributed by atoms with Crippen LogP contribution in [0.2, 0.25) is 0 Å². The monoisotopic (exact) mass is 330 g/mol. The Morgan fingerprint density at radius 2 is 1.68 bits per heavy atom. The van der Waals surface area contributed by atoms with E-state index in [9.17, 15) is 5.11 Å². The summed E-state index contributed by atoms with van der Waals surface area (Å²) in [7, 11) is 0. The van der Waals surface area contributed by atoms with Crippen LogP contribution < -0.4 is 5.32 Å². The van der Waals surface area contributed by atoms with Gasteiger partial charge in [0.05, 0.1) is 12.1 Å². The molecular weight excluding hydrogens is 308 g/mol. The van der Waals surface area contributed by atoms with E-state index in [0.29, 0.717) is 11.8 Å². The van der Waals surface area contributed by atoms with Crippen molar-refractivity contribution in [1.82, 2.24) is 5.32 Å². The van der Waals surface area contributed by atoms with Gasteiger partial charge in [-0.15, -0.1) is 0 Å². The van der Waals surface area contributed by atoms with Gasteiger partial charge in [-0.3, -0.25) is 4.99 Å². The number of rotatable bonds is 4. The van der Waals surface area contributed by atoms with Crippen LogP contribution in [0.25, 0.3) is 0 Å². The van der Waals surface area contributed by atoms with Gasteiger partial charge in [-0.25, -0.2) is 0 Å². The molecule has 0 spiro atoms. The van der Waals surface area contributed by atoms with Gasteiger partial charge in [0, 0.05) is 5.92 Å². The summed E-state index contributed by atoms with van der Waals surface area (Å²) in [6.07, 6.45) is 8.89. The van der Waals surface area contributed by atoms with Gasteiger partial charge in [-0.2, -0.15) is 0 Å². The molecule has 1 aliphatic carbocycles. The molecule has 126 valence electrons. The van der Waals surface area contributed by atoms with Gasteiger partial charge in [-0.1, -0.05) is 85.0 Å². The molecule has 3 nitrogen and oxygen atoms in total. The van der Waals surface area contributed by atoms with Crippen molar-refractivity contribution < 1.29 is 5.11 Å². The molecule has 0 fully saturated rings. The smallest absolute Gasteiger partial charge is 0.136 e. The highest BCUT2D eigenvalue weighted by Crippen LogP contribution is 2.35. The number of benzene rings is 2. The van der Waals surface area contributed by atoms with Gasteiger partial charge in [0.15, 0.2) is 0 Å². The number of aliphatic hydroxyl groups is 1. The molecule has 2 aromatic rings. The third-order valence-corrected chi connectivity index (χ3v) is 4.92. The molecular formula is C22H22N2O. The zero-order chi connectivity index (χ0) is 17.1. The SMILES string of the molecule is OC(C1=N[C@H](c2ccccc2)[C@H](C2C=CC=CC2)N1)c1ccccc1. The Hall–Kier alpha value is -2.65. The van der Waals surface area contributed by atoms with Crippen molar-refractivity contribution in [1.29, 1.82) is 0 Å². The molecule has 4 atom stereocenters. The first kappa shape index (κ1) is 15.9. The second kappa shape index (κ2) is 7.08. The minimum atomic E-state index is -0.722.